The van der Waals surface area contributed by atoms with Crippen LogP contribution in [0.5, 0.6) is 0 Å². The van der Waals surface area contributed by atoms with Crippen LogP contribution in [0.3, 0.4) is 0 Å². The number of piperidine rings is 1. The van der Waals surface area contributed by atoms with Crippen LogP contribution in [0.25, 0.3) is 0 Å². The molecule has 2 rings (SSSR count). The molecule has 18 heavy (non-hydrogen) atoms. The van der Waals surface area contributed by atoms with Crippen molar-refractivity contribution in [2.24, 2.45) is 17.6 Å². The quantitative estimate of drug-likeness (QED) is 0.842. The third-order valence-corrected chi connectivity index (χ3v) is 4.79. The highest BCUT2D eigenvalue weighted by molar-refractivity contribution is 9.10. The molecule has 1 aliphatic rings. The highest BCUT2D eigenvalue weighted by Crippen LogP contribution is 2.29. The second-order valence-electron chi connectivity index (χ2n) is 5.22. The largest absolute Gasteiger partial charge is 0.389 e. The first-order valence-electron chi connectivity index (χ1n) is 6.33. The van der Waals surface area contributed by atoms with Crippen LogP contribution in [0.1, 0.15) is 25.8 Å². The predicted molar refractivity (Wildman–Crippen MR) is 85.2 cm³/mol. The van der Waals surface area contributed by atoms with Crippen molar-refractivity contribution in [1.29, 1.82) is 0 Å². The summed E-state index contributed by atoms with van der Waals surface area (Å²) in [6, 6.07) is 6.24. The minimum Gasteiger partial charge on any atom is -0.389 e. The Labute approximate surface area is 123 Å². The molecule has 2 atom stereocenters. The molecule has 0 aromatic heterocycles. The second kappa shape index (κ2) is 5.57. The predicted octanol–water partition coefficient (Wildman–Crippen LogP) is 3.57. The molecule has 98 valence electrons. The number of rotatable bonds is 2. The molecule has 0 bridgehead atoms. The van der Waals surface area contributed by atoms with E-state index in [2.05, 4.69) is 46.8 Å². The van der Waals surface area contributed by atoms with Gasteiger partial charge in [0.05, 0.1) is 0 Å². The Hall–Kier alpha value is -0.610. The number of hydrogen-bond donors (Lipinski definition) is 1. The maximum absolute atomic E-state index is 5.67. The van der Waals surface area contributed by atoms with E-state index in [0.717, 1.165) is 35.0 Å². The van der Waals surface area contributed by atoms with Crippen molar-refractivity contribution in [3.63, 3.8) is 0 Å². The van der Waals surface area contributed by atoms with E-state index >= 15 is 0 Å². The first kappa shape index (κ1) is 13.8. The zero-order valence-electron chi connectivity index (χ0n) is 10.8. The van der Waals surface area contributed by atoms with Gasteiger partial charge in [-0.05, 0) is 52.4 Å². The molecule has 2 nitrogen and oxygen atoms in total. The minimum atomic E-state index is 0.439. The number of hydrogen-bond acceptors (Lipinski definition) is 2. The van der Waals surface area contributed by atoms with Crippen molar-refractivity contribution in [2.75, 3.05) is 18.0 Å². The zero-order chi connectivity index (χ0) is 13.3. The van der Waals surface area contributed by atoms with E-state index in [1.807, 2.05) is 6.07 Å². The SMILES string of the molecule is CC1CCN(c2ccc(C(N)=S)c(Br)c2)CC1C. The molecule has 0 amide bonds. The molecule has 4 heteroatoms. The smallest absolute Gasteiger partial charge is 0.105 e. The van der Waals surface area contributed by atoms with Gasteiger partial charge in [-0.1, -0.05) is 26.1 Å². The van der Waals surface area contributed by atoms with Crippen LogP contribution in [0.2, 0.25) is 0 Å². The number of anilines is 1. The molecule has 0 aliphatic carbocycles. The van der Waals surface area contributed by atoms with Gasteiger partial charge in [0.2, 0.25) is 0 Å². The second-order valence-corrected chi connectivity index (χ2v) is 6.51. The van der Waals surface area contributed by atoms with Crippen molar-refractivity contribution >= 4 is 38.8 Å². The lowest BCUT2D eigenvalue weighted by Crippen LogP contribution is -2.38. The summed E-state index contributed by atoms with van der Waals surface area (Å²) in [6.45, 7) is 6.92. The standard InChI is InChI=1S/C14H19BrN2S/c1-9-5-6-17(8-10(9)2)11-3-4-12(14(16)18)13(15)7-11/h3-4,7,9-10H,5-6,8H2,1-2H3,(H2,16,18). The van der Waals surface area contributed by atoms with Gasteiger partial charge in [0.1, 0.15) is 4.99 Å². The van der Waals surface area contributed by atoms with E-state index in [-0.39, 0.29) is 0 Å². The summed E-state index contributed by atoms with van der Waals surface area (Å²) in [6.07, 6.45) is 1.26. The van der Waals surface area contributed by atoms with Gasteiger partial charge in [0, 0.05) is 28.8 Å². The summed E-state index contributed by atoms with van der Waals surface area (Å²) in [7, 11) is 0. The average Bonchev–Trinajstić information content (AvgIpc) is 2.32. The highest BCUT2D eigenvalue weighted by atomic mass is 79.9. The molecular weight excluding hydrogens is 308 g/mol. The lowest BCUT2D eigenvalue weighted by atomic mass is 9.88. The van der Waals surface area contributed by atoms with Gasteiger partial charge >= 0.3 is 0 Å². The first-order valence-corrected chi connectivity index (χ1v) is 7.53. The fourth-order valence-corrected chi connectivity index (χ4v) is 3.29. The first-order chi connectivity index (χ1) is 8.49. The monoisotopic (exact) mass is 326 g/mol. The van der Waals surface area contributed by atoms with Crippen molar-refractivity contribution in [2.45, 2.75) is 20.3 Å². The molecule has 1 aromatic carbocycles. The Morgan fingerprint density at radius 1 is 1.39 bits per heavy atom. The fourth-order valence-electron chi connectivity index (χ4n) is 2.40. The van der Waals surface area contributed by atoms with Gasteiger partial charge in [0.15, 0.2) is 0 Å². The van der Waals surface area contributed by atoms with Crippen LogP contribution in [-0.2, 0) is 0 Å². The third kappa shape index (κ3) is 2.86. The molecule has 1 saturated heterocycles. The number of nitrogens with zero attached hydrogens (tertiary/aromatic N) is 1. The molecule has 1 aromatic rings. The number of nitrogens with two attached hydrogens (primary N) is 1. The molecule has 0 spiro atoms. The topological polar surface area (TPSA) is 29.3 Å². The van der Waals surface area contributed by atoms with Gasteiger partial charge < -0.3 is 10.6 Å². The summed E-state index contributed by atoms with van der Waals surface area (Å²) in [4.78, 5) is 2.88. The highest BCUT2D eigenvalue weighted by Gasteiger charge is 2.23. The maximum atomic E-state index is 5.67. The van der Waals surface area contributed by atoms with Crippen LogP contribution in [0.4, 0.5) is 5.69 Å². The molecule has 2 N–H and O–H groups in total. The minimum absolute atomic E-state index is 0.439. The van der Waals surface area contributed by atoms with Crippen LogP contribution >= 0.6 is 28.1 Å². The molecule has 0 saturated carbocycles. The lowest BCUT2D eigenvalue weighted by molar-refractivity contribution is 0.324. The van der Waals surface area contributed by atoms with Crippen molar-refractivity contribution in [3.05, 3.63) is 28.2 Å². The van der Waals surface area contributed by atoms with E-state index in [9.17, 15) is 0 Å². The molecule has 1 aliphatic heterocycles. The van der Waals surface area contributed by atoms with Crippen LogP contribution in [0, 0.1) is 11.8 Å². The van der Waals surface area contributed by atoms with Gasteiger partial charge in [-0.25, -0.2) is 0 Å². The van der Waals surface area contributed by atoms with Crippen molar-refractivity contribution in [1.82, 2.24) is 0 Å². The third-order valence-electron chi connectivity index (χ3n) is 3.92. The van der Waals surface area contributed by atoms with E-state index in [1.165, 1.54) is 12.1 Å². The van der Waals surface area contributed by atoms with Crippen LogP contribution in [-0.4, -0.2) is 18.1 Å². The van der Waals surface area contributed by atoms with Crippen LogP contribution < -0.4 is 10.6 Å². The maximum Gasteiger partial charge on any atom is 0.105 e. The molecule has 0 radical (unpaired) electrons. The van der Waals surface area contributed by atoms with E-state index in [1.54, 1.807) is 0 Å². The van der Waals surface area contributed by atoms with E-state index < -0.39 is 0 Å². The Bertz CT molecular complexity index is 461. The number of thiocarbonyl (C=S) groups is 1. The Morgan fingerprint density at radius 3 is 2.67 bits per heavy atom. The fraction of sp³-hybridized carbons (Fsp3) is 0.500. The summed E-state index contributed by atoms with van der Waals surface area (Å²) in [5.41, 5.74) is 7.83. The Morgan fingerprint density at radius 2 is 2.11 bits per heavy atom. The zero-order valence-corrected chi connectivity index (χ0v) is 13.2. The number of benzene rings is 1. The lowest BCUT2D eigenvalue weighted by Gasteiger charge is -2.37. The summed E-state index contributed by atoms with van der Waals surface area (Å²) < 4.78 is 0.985. The van der Waals surface area contributed by atoms with Gasteiger partial charge in [-0.3, -0.25) is 0 Å². The molecule has 1 heterocycles. The molecule has 2 unspecified atom stereocenters. The van der Waals surface area contributed by atoms with Gasteiger partial charge in [0.25, 0.3) is 0 Å². The van der Waals surface area contributed by atoms with Gasteiger partial charge in [-0.2, -0.15) is 0 Å². The van der Waals surface area contributed by atoms with E-state index in [4.69, 9.17) is 18.0 Å². The average molecular weight is 327 g/mol. The summed E-state index contributed by atoms with van der Waals surface area (Å²) in [5, 5.41) is 0. The summed E-state index contributed by atoms with van der Waals surface area (Å²) >= 11 is 8.56. The Kier molecular flexibility index (Phi) is 4.28. The molecular formula is C14H19BrN2S. The molecule has 1 fully saturated rings. The van der Waals surface area contributed by atoms with Crippen molar-refractivity contribution < 1.29 is 0 Å². The van der Waals surface area contributed by atoms with E-state index in [0.29, 0.717) is 4.99 Å². The normalized spacial score (nSPS) is 24.1. The Balaban J connectivity index is 2.19. The van der Waals surface area contributed by atoms with Crippen LogP contribution in [0.15, 0.2) is 22.7 Å². The van der Waals surface area contributed by atoms with Crippen molar-refractivity contribution in [3.8, 4) is 0 Å². The summed E-state index contributed by atoms with van der Waals surface area (Å²) in [5.74, 6) is 1.56. The van der Waals surface area contributed by atoms with Gasteiger partial charge in [-0.15, -0.1) is 0 Å². The number of halogens is 1.